The number of hydrogen-bond donors (Lipinski definition) is 0. The first-order valence-corrected chi connectivity index (χ1v) is 6.48. The van der Waals surface area contributed by atoms with Crippen LogP contribution in [0.15, 0.2) is 35.2 Å². The summed E-state index contributed by atoms with van der Waals surface area (Å²) in [6, 6.07) is 8.43. The van der Waals surface area contributed by atoms with Crippen LogP contribution in [-0.4, -0.2) is 15.0 Å². The molecule has 0 radical (unpaired) electrons. The van der Waals surface area contributed by atoms with Crippen molar-refractivity contribution in [2.75, 3.05) is 6.61 Å². The molecular weight excluding hydrogens is 219 g/mol. The normalized spacial score (nSPS) is 17.8. The van der Waals surface area contributed by atoms with E-state index in [2.05, 4.69) is 0 Å². The monoisotopic (exact) mass is 232 g/mol. The number of benzene rings is 1. The number of rotatable bonds is 2. The molecule has 3 nitrogen and oxygen atoms in total. The molecule has 0 saturated carbocycles. The molecule has 1 aliphatic heterocycles. The molecule has 5 heteroatoms. The van der Waals surface area contributed by atoms with Gasteiger partial charge in [-0.15, -0.1) is 6.42 Å². The molecule has 1 fully saturated rings. The van der Waals surface area contributed by atoms with Crippen LogP contribution in [0, 0.1) is 5.44 Å². The summed E-state index contributed by atoms with van der Waals surface area (Å²) in [5.41, 5.74) is 0.222. The van der Waals surface area contributed by atoms with Gasteiger partial charge in [-0.3, -0.25) is 8.42 Å². The van der Waals surface area contributed by atoms with E-state index in [0.717, 1.165) is 12.8 Å². The predicted octanol–water partition coefficient (Wildman–Crippen LogP) is -0.846. The van der Waals surface area contributed by atoms with Gasteiger partial charge in [-0.2, -0.15) is 0 Å². The first kappa shape index (κ1) is 13.8. The Morgan fingerprint density at radius 3 is 2.38 bits per heavy atom. The Balaban J connectivity index is 0.00000128. The summed E-state index contributed by atoms with van der Waals surface area (Å²) in [5, 5.41) is 0. The smallest absolute Gasteiger partial charge is 0.533 e. The number of sulfone groups is 1. The number of ether oxygens (including phenoxy) is 1. The minimum atomic E-state index is -3.37. The first-order chi connectivity index (χ1) is 7.21. The van der Waals surface area contributed by atoms with Crippen LogP contribution < -0.4 is 18.9 Å². The van der Waals surface area contributed by atoms with Gasteiger partial charge in [-0.05, 0) is 18.6 Å². The van der Waals surface area contributed by atoms with Gasteiger partial charge < -0.3 is 4.74 Å². The fourth-order valence-corrected chi connectivity index (χ4v) is 3.00. The van der Waals surface area contributed by atoms with Gasteiger partial charge in [0.05, 0.1) is 9.84 Å². The minimum Gasteiger partial charge on any atom is -0.533 e. The molecule has 1 aromatic carbocycles. The van der Waals surface area contributed by atoms with Gasteiger partial charge in [0.2, 0.25) is 0 Å². The van der Waals surface area contributed by atoms with Crippen LogP contribution in [0.2, 0.25) is 0 Å². The fraction of sp³-hybridized carbons (Fsp3) is 0.364. The molecule has 1 saturated heterocycles. The van der Waals surface area contributed by atoms with Gasteiger partial charge in [0.1, 0.15) is 0 Å². The Kier molecular flexibility index (Phi) is 5.07. The molecule has 1 heterocycles. The summed E-state index contributed by atoms with van der Waals surface area (Å²) in [6.07, 6.45) is 2.35. The quantitative estimate of drug-likeness (QED) is 0.493. The van der Waals surface area contributed by atoms with E-state index in [1.54, 1.807) is 30.3 Å². The molecule has 1 aromatic rings. The summed E-state index contributed by atoms with van der Waals surface area (Å²) in [4.78, 5) is 0.321. The van der Waals surface area contributed by atoms with Crippen LogP contribution in [0.25, 0.3) is 0 Å². The van der Waals surface area contributed by atoms with Crippen LogP contribution in [0.1, 0.15) is 19.3 Å². The summed E-state index contributed by atoms with van der Waals surface area (Å²) < 4.78 is 29.3. The third kappa shape index (κ3) is 2.89. The van der Waals surface area contributed by atoms with Crippen LogP contribution in [0.4, 0.5) is 0 Å². The average molecular weight is 232 g/mol. The van der Waals surface area contributed by atoms with Gasteiger partial charge in [0, 0.05) is 11.5 Å². The second kappa shape index (κ2) is 5.88. The van der Waals surface area contributed by atoms with Gasteiger partial charge >= 0.3 is 18.9 Å². The van der Waals surface area contributed by atoms with E-state index in [1.165, 1.54) is 0 Å². The van der Waals surface area contributed by atoms with Crippen molar-refractivity contribution >= 4 is 9.84 Å². The second-order valence-electron chi connectivity index (χ2n) is 3.49. The van der Waals surface area contributed by atoms with Crippen molar-refractivity contribution in [3.8, 4) is 0 Å². The predicted molar refractivity (Wildman–Crippen MR) is 56.7 cm³/mol. The van der Waals surface area contributed by atoms with Crippen LogP contribution in [-0.2, 0) is 14.6 Å². The molecule has 0 unspecified atom stereocenters. The van der Waals surface area contributed by atoms with Crippen LogP contribution in [0.5, 0.6) is 0 Å². The topological polar surface area (TPSA) is 43.4 Å². The Bertz CT molecular complexity index is 410. The first-order valence-electron chi connectivity index (χ1n) is 5.00. The third-order valence-electron chi connectivity index (χ3n) is 2.39. The molecular formula is C11H13LiO3S. The average Bonchev–Trinajstić information content (AvgIpc) is 2.31. The van der Waals surface area contributed by atoms with Crippen molar-refractivity contribution in [1.29, 1.82) is 0 Å². The van der Waals surface area contributed by atoms with Crippen molar-refractivity contribution in [1.82, 2.24) is 0 Å². The molecule has 1 aliphatic rings. The van der Waals surface area contributed by atoms with E-state index in [1.807, 2.05) is 0 Å². The molecule has 0 aromatic heterocycles. The third-order valence-corrected chi connectivity index (χ3v) is 4.21. The maximum Gasteiger partial charge on any atom is 1.00 e. The van der Waals surface area contributed by atoms with Crippen molar-refractivity contribution in [2.24, 2.45) is 0 Å². The Hall–Kier alpha value is -0.273. The Morgan fingerprint density at radius 1 is 1.12 bits per heavy atom. The standard InChI is InChI=1S/C11H13O3S.Li/c12-15(13,10-6-2-1-3-7-10)11-8-4-5-9-14-11;/h1-3,6-7H,4-5,8-9H2;/q-1;+1. The van der Waals surface area contributed by atoms with Gasteiger partial charge in [-0.25, -0.2) is 0 Å². The summed E-state index contributed by atoms with van der Waals surface area (Å²) in [7, 11) is -3.37. The zero-order valence-electron chi connectivity index (χ0n) is 9.35. The van der Waals surface area contributed by atoms with E-state index in [4.69, 9.17) is 4.74 Å². The Labute approximate surface area is 108 Å². The van der Waals surface area contributed by atoms with E-state index in [9.17, 15) is 8.42 Å². The molecule has 0 aliphatic carbocycles. The van der Waals surface area contributed by atoms with E-state index >= 15 is 0 Å². The fourth-order valence-electron chi connectivity index (χ4n) is 1.57. The molecule has 82 valence electrons. The van der Waals surface area contributed by atoms with E-state index in [0.29, 0.717) is 17.9 Å². The van der Waals surface area contributed by atoms with Crippen LogP contribution >= 0.6 is 0 Å². The largest absolute Gasteiger partial charge is 1.00 e. The summed E-state index contributed by atoms with van der Waals surface area (Å²) >= 11 is 0. The van der Waals surface area contributed by atoms with E-state index in [-0.39, 0.29) is 24.3 Å². The molecule has 0 spiro atoms. The van der Waals surface area contributed by atoms with Gasteiger partial charge in [0.15, 0.2) is 0 Å². The van der Waals surface area contributed by atoms with E-state index < -0.39 is 9.84 Å². The number of hydrogen-bond acceptors (Lipinski definition) is 3. The maximum absolute atomic E-state index is 12.0. The summed E-state index contributed by atoms with van der Waals surface area (Å²) in [5.74, 6) is 0. The minimum absolute atomic E-state index is 0. The molecule has 2 rings (SSSR count). The van der Waals surface area contributed by atoms with Crippen LogP contribution in [0.3, 0.4) is 0 Å². The molecule has 0 N–H and O–H groups in total. The summed E-state index contributed by atoms with van der Waals surface area (Å²) in [6.45, 7) is 0.515. The second-order valence-corrected chi connectivity index (χ2v) is 5.43. The molecule has 16 heavy (non-hydrogen) atoms. The Morgan fingerprint density at radius 2 is 1.81 bits per heavy atom. The molecule has 0 amide bonds. The zero-order chi connectivity index (χ0) is 10.7. The maximum atomic E-state index is 12.0. The van der Waals surface area contributed by atoms with Crippen molar-refractivity contribution in [3.63, 3.8) is 0 Å². The zero-order valence-corrected chi connectivity index (χ0v) is 10.2. The van der Waals surface area contributed by atoms with Crippen molar-refractivity contribution < 1.29 is 32.0 Å². The van der Waals surface area contributed by atoms with Crippen molar-refractivity contribution in [2.45, 2.75) is 24.2 Å². The van der Waals surface area contributed by atoms with Crippen molar-refractivity contribution in [3.05, 3.63) is 35.8 Å². The SMILES string of the molecule is O=S(=O)(c1ccccc1)[C-]1CCCCO1.[Li+]. The molecule has 0 bridgehead atoms. The van der Waals surface area contributed by atoms with Gasteiger partial charge in [-0.1, -0.05) is 30.1 Å². The molecule has 0 atom stereocenters. The van der Waals surface area contributed by atoms with Gasteiger partial charge in [0.25, 0.3) is 0 Å².